The molecule has 0 saturated heterocycles. The molecule has 4 nitrogen and oxygen atoms in total. The zero-order valence-corrected chi connectivity index (χ0v) is 11.6. The lowest BCUT2D eigenvalue weighted by Gasteiger charge is -2.17. The molecule has 2 heterocycles. The third-order valence-electron chi connectivity index (χ3n) is 2.59. The minimum absolute atomic E-state index is 0.768. The van der Waals surface area contributed by atoms with E-state index in [0.717, 1.165) is 31.1 Å². The van der Waals surface area contributed by atoms with E-state index in [9.17, 15) is 0 Å². The van der Waals surface area contributed by atoms with Gasteiger partial charge in [-0.1, -0.05) is 13.0 Å². The minimum atomic E-state index is 0.768. The number of rotatable bonds is 6. The van der Waals surface area contributed by atoms with Gasteiger partial charge >= 0.3 is 0 Å². The number of nitrogens with one attached hydrogen (secondary N) is 1. The molecule has 96 valence electrons. The van der Waals surface area contributed by atoms with Crippen LogP contribution in [-0.2, 0) is 13.1 Å². The number of hydrogen-bond acceptors (Lipinski definition) is 5. The second kappa shape index (κ2) is 6.47. The summed E-state index contributed by atoms with van der Waals surface area (Å²) in [4.78, 5) is 12.3. The van der Waals surface area contributed by atoms with Crippen molar-refractivity contribution in [2.45, 2.75) is 20.0 Å². The number of anilines is 1. The lowest BCUT2D eigenvalue weighted by molar-refractivity contribution is 0.704. The van der Waals surface area contributed by atoms with Crippen LogP contribution >= 0.6 is 11.3 Å². The van der Waals surface area contributed by atoms with Crippen LogP contribution in [-0.4, -0.2) is 23.6 Å². The van der Waals surface area contributed by atoms with E-state index in [0.29, 0.717) is 0 Å². The average molecular weight is 262 g/mol. The maximum absolute atomic E-state index is 4.60. The van der Waals surface area contributed by atoms with Crippen molar-refractivity contribution in [1.82, 2.24) is 15.3 Å². The van der Waals surface area contributed by atoms with Crippen molar-refractivity contribution < 1.29 is 0 Å². The van der Waals surface area contributed by atoms with Crippen LogP contribution < -0.4 is 10.2 Å². The number of nitrogens with zero attached hydrogens (tertiary/aromatic N) is 3. The second-order valence-electron chi connectivity index (χ2n) is 4.08. The predicted molar refractivity (Wildman–Crippen MR) is 75.8 cm³/mol. The summed E-state index contributed by atoms with van der Waals surface area (Å²) in [5, 5.41) is 5.35. The summed E-state index contributed by atoms with van der Waals surface area (Å²) in [5.74, 6) is 0.916. The van der Waals surface area contributed by atoms with E-state index in [4.69, 9.17) is 0 Å². The van der Waals surface area contributed by atoms with Gasteiger partial charge in [-0.2, -0.15) is 0 Å². The highest BCUT2D eigenvalue weighted by atomic mass is 32.1. The van der Waals surface area contributed by atoms with E-state index < -0.39 is 0 Å². The summed E-state index contributed by atoms with van der Waals surface area (Å²) in [5.41, 5.74) is 0.979. The minimum Gasteiger partial charge on any atom is -0.353 e. The van der Waals surface area contributed by atoms with Crippen LogP contribution in [0.15, 0.2) is 29.9 Å². The fraction of sp³-hybridized carbons (Fsp3) is 0.385. The smallest absolute Gasteiger partial charge is 0.147 e. The largest absolute Gasteiger partial charge is 0.353 e. The van der Waals surface area contributed by atoms with Crippen LogP contribution in [0, 0.1) is 0 Å². The summed E-state index contributed by atoms with van der Waals surface area (Å²) >= 11 is 1.76. The Balaban J connectivity index is 2.03. The van der Waals surface area contributed by atoms with E-state index in [1.807, 2.05) is 19.4 Å². The van der Waals surface area contributed by atoms with Crippen LogP contribution in [0.4, 0.5) is 5.82 Å². The van der Waals surface area contributed by atoms with E-state index in [-0.39, 0.29) is 0 Å². The van der Waals surface area contributed by atoms with Gasteiger partial charge in [-0.15, -0.1) is 11.3 Å². The first-order chi connectivity index (χ1) is 8.79. The molecule has 2 aromatic rings. The Kier molecular flexibility index (Phi) is 4.66. The maximum Gasteiger partial charge on any atom is 0.147 e. The third kappa shape index (κ3) is 3.51. The van der Waals surface area contributed by atoms with Crippen molar-refractivity contribution >= 4 is 17.2 Å². The van der Waals surface area contributed by atoms with Gasteiger partial charge in [0.2, 0.25) is 0 Å². The molecule has 0 aliphatic heterocycles. The van der Waals surface area contributed by atoms with Crippen LogP contribution in [0.25, 0.3) is 0 Å². The molecule has 5 heteroatoms. The lowest BCUT2D eigenvalue weighted by atomic mass is 10.4. The highest BCUT2D eigenvalue weighted by Crippen LogP contribution is 2.15. The van der Waals surface area contributed by atoms with Gasteiger partial charge in [-0.25, -0.2) is 4.98 Å². The molecule has 0 radical (unpaired) electrons. The third-order valence-corrected chi connectivity index (χ3v) is 3.45. The quantitative estimate of drug-likeness (QED) is 0.867. The van der Waals surface area contributed by atoms with Crippen molar-refractivity contribution in [2.75, 3.05) is 18.5 Å². The Morgan fingerprint density at radius 1 is 1.39 bits per heavy atom. The van der Waals surface area contributed by atoms with Gasteiger partial charge in [0.25, 0.3) is 0 Å². The first-order valence-electron chi connectivity index (χ1n) is 6.04. The molecule has 0 aliphatic rings. The van der Waals surface area contributed by atoms with Crippen molar-refractivity contribution in [3.63, 3.8) is 0 Å². The van der Waals surface area contributed by atoms with Gasteiger partial charge in [0, 0.05) is 24.7 Å². The number of thiophene rings is 1. The molecule has 0 unspecified atom stereocenters. The normalized spacial score (nSPS) is 10.6. The summed E-state index contributed by atoms with van der Waals surface area (Å²) in [6, 6.07) is 4.21. The van der Waals surface area contributed by atoms with Gasteiger partial charge < -0.3 is 10.2 Å². The molecule has 0 fully saturated rings. The topological polar surface area (TPSA) is 41.1 Å². The Bertz CT molecular complexity index is 470. The zero-order chi connectivity index (χ0) is 12.8. The van der Waals surface area contributed by atoms with Gasteiger partial charge in [0.1, 0.15) is 5.82 Å². The zero-order valence-electron chi connectivity index (χ0n) is 10.8. The van der Waals surface area contributed by atoms with Crippen LogP contribution in [0.3, 0.4) is 0 Å². The maximum atomic E-state index is 4.60. The Labute approximate surface area is 112 Å². The summed E-state index contributed by atoms with van der Waals surface area (Å²) in [6.07, 6.45) is 3.62. The van der Waals surface area contributed by atoms with Gasteiger partial charge in [-0.3, -0.25) is 4.98 Å². The Morgan fingerprint density at radius 3 is 3.00 bits per heavy atom. The monoisotopic (exact) mass is 262 g/mol. The molecule has 0 saturated carbocycles. The van der Waals surface area contributed by atoms with Gasteiger partial charge in [0.05, 0.1) is 18.4 Å². The lowest BCUT2D eigenvalue weighted by Crippen LogP contribution is -2.19. The molecule has 0 aliphatic carbocycles. The summed E-state index contributed by atoms with van der Waals surface area (Å²) < 4.78 is 0. The van der Waals surface area contributed by atoms with Crippen molar-refractivity contribution in [3.8, 4) is 0 Å². The fourth-order valence-electron chi connectivity index (χ4n) is 1.63. The summed E-state index contributed by atoms with van der Waals surface area (Å²) in [7, 11) is 2.04. The predicted octanol–water partition coefficient (Wildman–Crippen LogP) is 2.28. The van der Waals surface area contributed by atoms with Crippen molar-refractivity contribution in [3.05, 3.63) is 40.5 Å². The van der Waals surface area contributed by atoms with Crippen molar-refractivity contribution in [1.29, 1.82) is 0 Å². The molecule has 0 bridgehead atoms. The first kappa shape index (κ1) is 13.0. The van der Waals surface area contributed by atoms with Crippen LogP contribution in [0.1, 0.15) is 17.5 Å². The van der Waals surface area contributed by atoms with Gasteiger partial charge in [0.15, 0.2) is 0 Å². The molecule has 0 aromatic carbocycles. The van der Waals surface area contributed by atoms with E-state index in [2.05, 4.69) is 44.6 Å². The molecular weight excluding hydrogens is 244 g/mol. The first-order valence-corrected chi connectivity index (χ1v) is 6.92. The van der Waals surface area contributed by atoms with Crippen LogP contribution in [0.5, 0.6) is 0 Å². The summed E-state index contributed by atoms with van der Waals surface area (Å²) in [6.45, 7) is 4.67. The molecule has 1 N–H and O–H groups in total. The van der Waals surface area contributed by atoms with Crippen LogP contribution in [0.2, 0.25) is 0 Å². The van der Waals surface area contributed by atoms with Gasteiger partial charge in [-0.05, 0) is 18.0 Å². The number of hydrogen-bond donors (Lipinski definition) is 1. The highest BCUT2D eigenvalue weighted by Gasteiger charge is 2.05. The SMILES string of the molecule is CCNCc1cncc(N(C)Cc2cccs2)n1. The molecule has 18 heavy (non-hydrogen) atoms. The van der Waals surface area contributed by atoms with E-state index in [1.54, 1.807) is 11.3 Å². The standard InChI is InChI=1S/C13H18N4S/c1-3-14-7-11-8-15-9-13(16-11)17(2)10-12-5-4-6-18-12/h4-6,8-9,14H,3,7,10H2,1-2H3. The molecular formula is C13H18N4S. The molecule has 0 amide bonds. The Morgan fingerprint density at radius 2 is 2.28 bits per heavy atom. The fourth-order valence-corrected chi connectivity index (χ4v) is 2.39. The Hall–Kier alpha value is -1.46. The molecule has 2 rings (SSSR count). The van der Waals surface area contributed by atoms with E-state index in [1.165, 1.54) is 4.88 Å². The highest BCUT2D eigenvalue weighted by molar-refractivity contribution is 7.09. The van der Waals surface area contributed by atoms with Crippen molar-refractivity contribution in [2.24, 2.45) is 0 Å². The van der Waals surface area contributed by atoms with E-state index >= 15 is 0 Å². The average Bonchev–Trinajstić information content (AvgIpc) is 2.89. The molecule has 0 spiro atoms. The number of aromatic nitrogens is 2. The second-order valence-corrected chi connectivity index (χ2v) is 5.12. The molecule has 0 atom stereocenters. The molecule has 2 aromatic heterocycles.